The molecule has 1 aliphatic rings. The number of amides is 1. The zero-order valence-corrected chi connectivity index (χ0v) is 14.8. The molecular weight excluding hydrogens is 326 g/mol. The Hall–Kier alpha value is -1.70. The third-order valence-corrected chi connectivity index (χ3v) is 5.69. The molecule has 1 fully saturated rings. The molecule has 1 aromatic carbocycles. The Labute approximate surface area is 143 Å². The van der Waals surface area contributed by atoms with Gasteiger partial charge in [-0.1, -0.05) is 6.08 Å². The van der Waals surface area contributed by atoms with Gasteiger partial charge in [-0.2, -0.15) is 0 Å². The summed E-state index contributed by atoms with van der Waals surface area (Å²) in [5, 5.41) is 0. The van der Waals surface area contributed by atoms with Gasteiger partial charge in [0.05, 0.1) is 4.90 Å². The van der Waals surface area contributed by atoms with Crippen LogP contribution in [0.5, 0.6) is 0 Å². The first-order valence-electron chi connectivity index (χ1n) is 8.14. The van der Waals surface area contributed by atoms with Gasteiger partial charge in [0.2, 0.25) is 10.0 Å². The van der Waals surface area contributed by atoms with Crippen LogP contribution in [-0.2, 0) is 10.0 Å². The average molecular weight is 351 g/mol. The van der Waals surface area contributed by atoms with Gasteiger partial charge in [0.1, 0.15) is 0 Å². The van der Waals surface area contributed by atoms with Crippen molar-refractivity contribution in [3.8, 4) is 0 Å². The van der Waals surface area contributed by atoms with Crippen LogP contribution in [0.2, 0.25) is 0 Å². The number of piperidine rings is 1. The molecule has 1 aromatic rings. The highest BCUT2D eigenvalue weighted by molar-refractivity contribution is 7.89. The van der Waals surface area contributed by atoms with Crippen molar-refractivity contribution in [3.05, 3.63) is 42.5 Å². The van der Waals surface area contributed by atoms with Crippen LogP contribution in [0, 0.1) is 0 Å². The smallest absolute Gasteiger partial charge is 0.254 e. The second-order valence-electron chi connectivity index (χ2n) is 6.09. The highest BCUT2D eigenvalue weighted by atomic mass is 32.2. The van der Waals surface area contributed by atoms with E-state index in [2.05, 4.69) is 11.3 Å². The van der Waals surface area contributed by atoms with E-state index < -0.39 is 10.0 Å². The summed E-state index contributed by atoms with van der Waals surface area (Å²) in [7, 11) is -3.58. The molecule has 0 saturated carbocycles. The van der Waals surface area contributed by atoms with Crippen molar-refractivity contribution in [3.63, 3.8) is 0 Å². The van der Waals surface area contributed by atoms with E-state index in [1.807, 2.05) is 11.8 Å². The molecule has 2 atom stereocenters. The molecule has 1 heterocycles. The van der Waals surface area contributed by atoms with Gasteiger partial charge < -0.3 is 10.6 Å². The summed E-state index contributed by atoms with van der Waals surface area (Å²) in [5.41, 5.74) is 6.49. The highest BCUT2D eigenvalue weighted by Crippen LogP contribution is 2.22. The molecule has 0 spiro atoms. The summed E-state index contributed by atoms with van der Waals surface area (Å²) < 4.78 is 26.5. The molecule has 0 aromatic heterocycles. The van der Waals surface area contributed by atoms with Crippen LogP contribution >= 0.6 is 0 Å². The lowest BCUT2D eigenvalue weighted by atomic mass is 9.96. The average Bonchev–Trinajstić information content (AvgIpc) is 2.59. The van der Waals surface area contributed by atoms with E-state index in [-0.39, 0.29) is 29.4 Å². The Morgan fingerprint density at radius 2 is 2.08 bits per heavy atom. The monoisotopic (exact) mass is 351 g/mol. The molecule has 3 N–H and O–H groups in total. The van der Waals surface area contributed by atoms with Gasteiger partial charge in [-0.25, -0.2) is 13.1 Å². The maximum absolute atomic E-state index is 12.7. The topological polar surface area (TPSA) is 92.5 Å². The fourth-order valence-electron chi connectivity index (χ4n) is 2.95. The summed E-state index contributed by atoms with van der Waals surface area (Å²) in [6, 6.07) is 5.95. The molecule has 2 rings (SSSR count). The minimum absolute atomic E-state index is 0.0314. The molecule has 6 nitrogen and oxygen atoms in total. The third-order valence-electron chi connectivity index (χ3n) is 4.25. The van der Waals surface area contributed by atoms with Crippen molar-refractivity contribution < 1.29 is 13.2 Å². The second kappa shape index (κ2) is 7.92. The van der Waals surface area contributed by atoms with Gasteiger partial charge >= 0.3 is 0 Å². The van der Waals surface area contributed by atoms with Crippen molar-refractivity contribution in [1.82, 2.24) is 9.62 Å². The summed E-state index contributed by atoms with van der Waals surface area (Å²) >= 11 is 0. The van der Waals surface area contributed by atoms with Gasteiger partial charge in [0, 0.05) is 30.7 Å². The number of hydrogen-bond acceptors (Lipinski definition) is 4. The Morgan fingerprint density at radius 1 is 1.42 bits per heavy atom. The molecule has 0 radical (unpaired) electrons. The molecular formula is C17H25N3O3S. The zero-order chi connectivity index (χ0) is 17.7. The van der Waals surface area contributed by atoms with Crippen LogP contribution < -0.4 is 10.5 Å². The van der Waals surface area contributed by atoms with Crippen LogP contribution in [0.25, 0.3) is 0 Å². The zero-order valence-electron chi connectivity index (χ0n) is 13.9. The molecule has 2 unspecified atom stereocenters. The van der Waals surface area contributed by atoms with E-state index in [0.29, 0.717) is 12.1 Å². The molecule has 132 valence electrons. The maximum atomic E-state index is 12.7. The number of nitrogens with two attached hydrogens (primary N) is 1. The summed E-state index contributed by atoms with van der Waals surface area (Å²) in [6.07, 6.45) is 4.41. The Morgan fingerprint density at radius 3 is 2.67 bits per heavy atom. The minimum atomic E-state index is -3.58. The lowest BCUT2D eigenvalue weighted by Gasteiger charge is -2.38. The SMILES string of the molecule is C=CCNS(=O)(=O)c1ccc(C(=O)N2CCCCC2C(C)N)cc1. The fourth-order valence-corrected chi connectivity index (χ4v) is 3.95. The predicted octanol–water partition coefficient (Wildman–Crippen LogP) is 1.49. The summed E-state index contributed by atoms with van der Waals surface area (Å²) in [5.74, 6) is -0.0972. The van der Waals surface area contributed by atoms with E-state index in [1.54, 1.807) is 12.1 Å². The minimum Gasteiger partial charge on any atom is -0.334 e. The largest absolute Gasteiger partial charge is 0.334 e. The van der Waals surface area contributed by atoms with E-state index in [9.17, 15) is 13.2 Å². The van der Waals surface area contributed by atoms with Gasteiger partial charge in [-0.05, 0) is 50.5 Å². The van der Waals surface area contributed by atoms with E-state index >= 15 is 0 Å². The van der Waals surface area contributed by atoms with Crippen LogP contribution in [0.1, 0.15) is 36.5 Å². The van der Waals surface area contributed by atoms with Gasteiger partial charge in [-0.15, -0.1) is 6.58 Å². The number of benzene rings is 1. The molecule has 1 aliphatic heterocycles. The maximum Gasteiger partial charge on any atom is 0.254 e. The first kappa shape index (κ1) is 18.6. The van der Waals surface area contributed by atoms with E-state index in [1.165, 1.54) is 18.2 Å². The number of nitrogens with zero attached hydrogens (tertiary/aromatic N) is 1. The number of rotatable bonds is 6. The van der Waals surface area contributed by atoms with E-state index in [4.69, 9.17) is 5.73 Å². The van der Waals surface area contributed by atoms with Crippen molar-refractivity contribution >= 4 is 15.9 Å². The molecule has 7 heteroatoms. The van der Waals surface area contributed by atoms with Gasteiger partial charge in [0.25, 0.3) is 5.91 Å². The Bertz CT molecular complexity index is 684. The van der Waals surface area contributed by atoms with Crippen molar-refractivity contribution in [2.24, 2.45) is 5.73 Å². The molecule has 0 aliphatic carbocycles. The Balaban J connectivity index is 2.17. The van der Waals surface area contributed by atoms with Crippen molar-refractivity contribution in [1.29, 1.82) is 0 Å². The quantitative estimate of drug-likeness (QED) is 0.760. The molecule has 1 amide bonds. The number of sulfonamides is 1. The highest BCUT2D eigenvalue weighted by Gasteiger charge is 2.29. The summed E-state index contributed by atoms with van der Waals surface area (Å²) in [4.78, 5) is 14.7. The van der Waals surface area contributed by atoms with Crippen molar-refractivity contribution in [2.45, 2.75) is 43.2 Å². The first-order valence-corrected chi connectivity index (χ1v) is 9.62. The molecule has 24 heavy (non-hydrogen) atoms. The van der Waals surface area contributed by atoms with Crippen LogP contribution in [0.15, 0.2) is 41.8 Å². The standard InChI is InChI=1S/C17H25N3O3S/c1-3-11-19-24(22,23)15-9-7-14(8-10-15)17(21)20-12-5-4-6-16(20)13(2)18/h3,7-10,13,16,19H,1,4-6,11-12,18H2,2H3. The first-order chi connectivity index (χ1) is 11.4. The van der Waals surface area contributed by atoms with Crippen LogP contribution in [-0.4, -0.2) is 44.4 Å². The van der Waals surface area contributed by atoms with Gasteiger partial charge in [0.15, 0.2) is 0 Å². The summed E-state index contributed by atoms with van der Waals surface area (Å²) in [6.45, 7) is 6.24. The lowest BCUT2D eigenvalue weighted by molar-refractivity contribution is 0.0583. The number of carbonyl (C=O) groups excluding carboxylic acids is 1. The van der Waals surface area contributed by atoms with Gasteiger partial charge in [-0.3, -0.25) is 4.79 Å². The van der Waals surface area contributed by atoms with Crippen LogP contribution in [0.4, 0.5) is 0 Å². The number of hydrogen-bond donors (Lipinski definition) is 2. The normalized spacial score (nSPS) is 19.8. The van der Waals surface area contributed by atoms with Crippen LogP contribution in [0.3, 0.4) is 0 Å². The number of carbonyl (C=O) groups is 1. The van der Waals surface area contributed by atoms with E-state index in [0.717, 1.165) is 19.3 Å². The molecule has 1 saturated heterocycles. The Kier molecular flexibility index (Phi) is 6.15. The number of likely N-dealkylation sites (tertiary alicyclic amines) is 1. The lowest BCUT2D eigenvalue weighted by Crippen LogP contribution is -2.51. The fraction of sp³-hybridized carbons (Fsp3) is 0.471. The molecule has 0 bridgehead atoms. The predicted molar refractivity (Wildman–Crippen MR) is 94.2 cm³/mol. The number of nitrogens with one attached hydrogen (secondary N) is 1. The second-order valence-corrected chi connectivity index (χ2v) is 7.85. The third kappa shape index (κ3) is 4.23. The van der Waals surface area contributed by atoms with Crippen molar-refractivity contribution in [2.75, 3.05) is 13.1 Å².